The first kappa shape index (κ1) is 17.0. The van der Waals surface area contributed by atoms with Gasteiger partial charge in [-0.1, -0.05) is 31.2 Å². The largest absolute Gasteiger partial charge is 0.354 e. The number of rotatable bonds is 6. The summed E-state index contributed by atoms with van der Waals surface area (Å²) >= 11 is 0. The Morgan fingerprint density at radius 1 is 1.35 bits per heavy atom. The van der Waals surface area contributed by atoms with Crippen molar-refractivity contribution >= 4 is 18.3 Å². The van der Waals surface area contributed by atoms with Gasteiger partial charge in [0.1, 0.15) is 0 Å². The summed E-state index contributed by atoms with van der Waals surface area (Å²) in [5.41, 5.74) is 8.35. The van der Waals surface area contributed by atoms with Gasteiger partial charge in [-0.3, -0.25) is 4.79 Å². The molecule has 1 aliphatic carbocycles. The van der Waals surface area contributed by atoms with Crippen LogP contribution in [0.25, 0.3) is 0 Å². The van der Waals surface area contributed by atoms with E-state index in [2.05, 4.69) is 24.4 Å². The summed E-state index contributed by atoms with van der Waals surface area (Å²) in [5.74, 6) is 0.581. The number of aryl methyl sites for hydroxylation is 1. The number of halogens is 1. The third-order valence-electron chi connectivity index (χ3n) is 4.02. The van der Waals surface area contributed by atoms with Crippen LogP contribution >= 0.6 is 12.4 Å². The number of amides is 1. The highest BCUT2D eigenvalue weighted by atomic mass is 35.5. The standard InChI is InChI=1S/C16H24N2O.ClH/c1-3-12-4-6-13(7-5-12)11(2)16(19)18-10-15(17)14-8-9-14;/h4-7,11,14-15H,3,8-10,17H2,1-2H3,(H,18,19);1H. The van der Waals surface area contributed by atoms with E-state index in [1.807, 2.05) is 19.1 Å². The molecule has 0 saturated heterocycles. The van der Waals surface area contributed by atoms with Crippen molar-refractivity contribution in [3.63, 3.8) is 0 Å². The highest BCUT2D eigenvalue weighted by molar-refractivity contribution is 5.85. The summed E-state index contributed by atoms with van der Waals surface area (Å²) < 4.78 is 0. The molecule has 4 heteroatoms. The molecule has 1 amide bonds. The second kappa shape index (κ2) is 7.65. The molecule has 0 heterocycles. The number of hydrogen-bond acceptors (Lipinski definition) is 2. The molecule has 0 aromatic heterocycles. The van der Waals surface area contributed by atoms with E-state index in [4.69, 9.17) is 5.73 Å². The fourth-order valence-electron chi connectivity index (χ4n) is 2.26. The van der Waals surface area contributed by atoms with E-state index >= 15 is 0 Å². The van der Waals surface area contributed by atoms with Gasteiger partial charge in [0.15, 0.2) is 0 Å². The van der Waals surface area contributed by atoms with E-state index in [-0.39, 0.29) is 30.3 Å². The average molecular weight is 297 g/mol. The Morgan fingerprint density at radius 2 is 1.95 bits per heavy atom. The van der Waals surface area contributed by atoms with Crippen LogP contribution in [0, 0.1) is 5.92 Å². The van der Waals surface area contributed by atoms with Gasteiger partial charge in [0.25, 0.3) is 0 Å². The van der Waals surface area contributed by atoms with Gasteiger partial charge in [-0.2, -0.15) is 0 Å². The number of nitrogens with two attached hydrogens (primary N) is 1. The first-order valence-electron chi connectivity index (χ1n) is 7.24. The number of hydrogen-bond donors (Lipinski definition) is 2. The van der Waals surface area contributed by atoms with Crippen LogP contribution in [0.1, 0.15) is 43.7 Å². The van der Waals surface area contributed by atoms with Gasteiger partial charge in [0.05, 0.1) is 5.92 Å². The molecular formula is C16H25ClN2O. The lowest BCUT2D eigenvalue weighted by molar-refractivity contribution is -0.122. The molecule has 2 atom stereocenters. The predicted molar refractivity (Wildman–Crippen MR) is 85.2 cm³/mol. The van der Waals surface area contributed by atoms with Crippen LogP contribution in [0.4, 0.5) is 0 Å². The van der Waals surface area contributed by atoms with Crippen LogP contribution < -0.4 is 11.1 Å². The molecule has 0 radical (unpaired) electrons. The lowest BCUT2D eigenvalue weighted by Crippen LogP contribution is -2.40. The van der Waals surface area contributed by atoms with E-state index in [1.165, 1.54) is 18.4 Å². The van der Waals surface area contributed by atoms with Gasteiger partial charge in [-0.05, 0) is 43.2 Å². The SMILES string of the molecule is CCc1ccc(C(C)C(=O)NCC(N)C2CC2)cc1.Cl. The summed E-state index contributed by atoms with van der Waals surface area (Å²) in [6.45, 7) is 4.67. The molecule has 1 aromatic rings. The second-order valence-corrected chi connectivity index (χ2v) is 5.56. The summed E-state index contributed by atoms with van der Waals surface area (Å²) in [4.78, 5) is 12.1. The molecule has 3 nitrogen and oxygen atoms in total. The van der Waals surface area contributed by atoms with E-state index < -0.39 is 0 Å². The number of carbonyl (C=O) groups is 1. The van der Waals surface area contributed by atoms with Crippen LogP contribution in [0.5, 0.6) is 0 Å². The van der Waals surface area contributed by atoms with Crippen molar-refractivity contribution in [2.45, 2.75) is 45.1 Å². The summed E-state index contributed by atoms with van der Waals surface area (Å²) in [7, 11) is 0. The molecular weight excluding hydrogens is 272 g/mol. The topological polar surface area (TPSA) is 55.1 Å². The predicted octanol–water partition coefficient (Wildman–Crippen LogP) is 2.63. The van der Waals surface area contributed by atoms with E-state index in [0.29, 0.717) is 12.5 Å². The zero-order valence-corrected chi connectivity index (χ0v) is 13.1. The summed E-state index contributed by atoms with van der Waals surface area (Å²) in [6, 6.07) is 8.40. The number of nitrogens with one attached hydrogen (secondary N) is 1. The van der Waals surface area contributed by atoms with Gasteiger partial charge < -0.3 is 11.1 Å². The van der Waals surface area contributed by atoms with E-state index in [0.717, 1.165) is 12.0 Å². The molecule has 2 unspecified atom stereocenters. The normalized spacial score (nSPS) is 16.9. The first-order valence-corrected chi connectivity index (χ1v) is 7.24. The van der Waals surface area contributed by atoms with Crippen molar-refractivity contribution in [2.24, 2.45) is 11.7 Å². The lowest BCUT2D eigenvalue weighted by Gasteiger charge is -2.16. The Hall–Kier alpha value is -1.06. The molecule has 20 heavy (non-hydrogen) atoms. The fraction of sp³-hybridized carbons (Fsp3) is 0.562. The fourth-order valence-corrected chi connectivity index (χ4v) is 2.26. The number of carbonyl (C=O) groups excluding carboxylic acids is 1. The molecule has 1 aromatic carbocycles. The third-order valence-corrected chi connectivity index (χ3v) is 4.02. The summed E-state index contributed by atoms with van der Waals surface area (Å²) in [6.07, 6.45) is 3.45. The molecule has 112 valence electrons. The van der Waals surface area contributed by atoms with Crippen LogP contribution in [-0.2, 0) is 11.2 Å². The van der Waals surface area contributed by atoms with Crippen LogP contribution in [0.15, 0.2) is 24.3 Å². The van der Waals surface area contributed by atoms with Crippen molar-refractivity contribution in [1.82, 2.24) is 5.32 Å². The molecule has 1 aliphatic rings. The quantitative estimate of drug-likeness (QED) is 0.848. The number of benzene rings is 1. The van der Waals surface area contributed by atoms with Crippen molar-refractivity contribution in [3.05, 3.63) is 35.4 Å². The Labute approximate surface area is 127 Å². The molecule has 0 aliphatic heterocycles. The van der Waals surface area contributed by atoms with Crippen LogP contribution in [0.3, 0.4) is 0 Å². The minimum atomic E-state index is -0.114. The van der Waals surface area contributed by atoms with Gasteiger partial charge in [-0.25, -0.2) is 0 Å². The first-order chi connectivity index (χ1) is 9.11. The molecule has 3 N–H and O–H groups in total. The smallest absolute Gasteiger partial charge is 0.227 e. The Morgan fingerprint density at radius 3 is 2.45 bits per heavy atom. The van der Waals surface area contributed by atoms with Crippen molar-refractivity contribution < 1.29 is 4.79 Å². The Bertz CT molecular complexity index is 429. The highest BCUT2D eigenvalue weighted by Gasteiger charge is 2.28. The Kier molecular flexibility index (Phi) is 6.50. The van der Waals surface area contributed by atoms with Gasteiger partial charge in [0.2, 0.25) is 5.91 Å². The van der Waals surface area contributed by atoms with Crippen molar-refractivity contribution in [3.8, 4) is 0 Å². The minimum absolute atomic E-state index is 0. The van der Waals surface area contributed by atoms with Gasteiger partial charge in [0, 0.05) is 12.6 Å². The summed E-state index contributed by atoms with van der Waals surface area (Å²) in [5, 5.41) is 2.97. The van der Waals surface area contributed by atoms with Crippen LogP contribution in [0.2, 0.25) is 0 Å². The zero-order valence-electron chi connectivity index (χ0n) is 12.3. The minimum Gasteiger partial charge on any atom is -0.354 e. The van der Waals surface area contributed by atoms with E-state index in [9.17, 15) is 4.79 Å². The molecule has 1 fully saturated rings. The maximum Gasteiger partial charge on any atom is 0.227 e. The lowest BCUT2D eigenvalue weighted by atomic mass is 9.98. The average Bonchev–Trinajstić information content (AvgIpc) is 3.28. The van der Waals surface area contributed by atoms with Crippen molar-refractivity contribution in [2.75, 3.05) is 6.54 Å². The zero-order chi connectivity index (χ0) is 13.8. The molecule has 1 saturated carbocycles. The van der Waals surface area contributed by atoms with Gasteiger partial charge in [-0.15, -0.1) is 12.4 Å². The maximum absolute atomic E-state index is 12.1. The third kappa shape index (κ3) is 4.50. The Balaban J connectivity index is 0.00000200. The van der Waals surface area contributed by atoms with Gasteiger partial charge >= 0.3 is 0 Å². The maximum atomic E-state index is 12.1. The monoisotopic (exact) mass is 296 g/mol. The molecule has 2 rings (SSSR count). The molecule has 0 bridgehead atoms. The molecule has 0 spiro atoms. The van der Waals surface area contributed by atoms with E-state index in [1.54, 1.807) is 0 Å². The van der Waals surface area contributed by atoms with Crippen LogP contribution in [-0.4, -0.2) is 18.5 Å². The highest BCUT2D eigenvalue weighted by Crippen LogP contribution is 2.31. The second-order valence-electron chi connectivity index (χ2n) is 5.56. The van der Waals surface area contributed by atoms with Crippen molar-refractivity contribution in [1.29, 1.82) is 0 Å².